The molecule has 1 aromatic rings. The van der Waals surface area contributed by atoms with Crippen molar-refractivity contribution in [3.8, 4) is 5.75 Å². The molecule has 21 heavy (non-hydrogen) atoms. The van der Waals surface area contributed by atoms with Crippen LogP contribution in [0.25, 0.3) is 0 Å². The molecule has 0 bridgehead atoms. The van der Waals surface area contributed by atoms with Crippen LogP contribution in [0.4, 0.5) is 0 Å². The van der Waals surface area contributed by atoms with E-state index in [4.69, 9.17) is 4.74 Å². The van der Waals surface area contributed by atoms with Gasteiger partial charge in [-0.25, -0.2) is 0 Å². The Morgan fingerprint density at radius 2 is 2.00 bits per heavy atom. The Hall–Kier alpha value is -1.03. The molecule has 0 saturated heterocycles. The minimum Gasteiger partial charge on any atom is -0.493 e. The van der Waals surface area contributed by atoms with Gasteiger partial charge < -0.3 is 10.1 Å². The maximum Gasteiger partial charge on any atom is 0.161 e. The van der Waals surface area contributed by atoms with Crippen molar-refractivity contribution in [2.45, 2.75) is 67.0 Å². The molecule has 0 amide bonds. The highest BCUT2D eigenvalue weighted by atomic mass is 16.5. The molecule has 0 aliphatic carbocycles. The number of aromatic nitrogens is 2. The summed E-state index contributed by atoms with van der Waals surface area (Å²) in [6, 6.07) is 0.296. The highest BCUT2D eigenvalue weighted by Gasteiger charge is 2.24. The summed E-state index contributed by atoms with van der Waals surface area (Å²) in [5.41, 5.74) is 1.55. The number of rotatable bonds is 8. The first-order chi connectivity index (χ1) is 9.82. The quantitative estimate of drug-likeness (QED) is 0.787. The zero-order chi connectivity index (χ0) is 16.0. The molecule has 0 fully saturated rings. The van der Waals surface area contributed by atoms with Crippen LogP contribution < -0.4 is 10.1 Å². The molecule has 0 spiro atoms. The zero-order valence-corrected chi connectivity index (χ0v) is 14.9. The highest BCUT2D eigenvalue weighted by molar-refractivity contribution is 5.28. The fourth-order valence-electron chi connectivity index (χ4n) is 3.21. The molecular formula is C17H33N3O. The summed E-state index contributed by atoms with van der Waals surface area (Å²) in [7, 11) is 1.72. The van der Waals surface area contributed by atoms with E-state index in [2.05, 4.69) is 56.6 Å². The van der Waals surface area contributed by atoms with Crippen molar-refractivity contribution in [2.75, 3.05) is 13.7 Å². The first-order valence-electron chi connectivity index (χ1n) is 8.15. The number of hydrogen-bond donors (Lipinski definition) is 1. The van der Waals surface area contributed by atoms with Crippen LogP contribution in [0.3, 0.4) is 0 Å². The molecule has 1 heterocycles. The van der Waals surface area contributed by atoms with Gasteiger partial charge >= 0.3 is 0 Å². The van der Waals surface area contributed by atoms with Crippen molar-refractivity contribution in [1.82, 2.24) is 15.1 Å². The van der Waals surface area contributed by atoms with Crippen LogP contribution in [0.5, 0.6) is 5.75 Å². The van der Waals surface area contributed by atoms with Gasteiger partial charge in [0.05, 0.1) is 25.0 Å². The molecule has 2 atom stereocenters. The Bertz CT molecular complexity index is 399. The first-order valence-corrected chi connectivity index (χ1v) is 8.15. The molecule has 4 nitrogen and oxygen atoms in total. The average Bonchev–Trinajstić information content (AvgIpc) is 2.78. The van der Waals surface area contributed by atoms with Crippen LogP contribution in [-0.2, 0) is 6.54 Å². The molecule has 1 rings (SSSR count). The molecule has 122 valence electrons. The van der Waals surface area contributed by atoms with Gasteiger partial charge in [-0.3, -0.25) is 4.68 Å². The van der Waals surface area contributed by atoms with E-state index < -0.39 is 0 Å². The second-order valence-electron chi connectivity index (χ2n) is 7.13. The maximum atomic E-state index is 5.51. The molecular weight excluding hydrogens is 262 g/mol. The molecule has 0 aliphatic rings. The molecule has 1 aromatic heterocycles. The van der Waals surface area contributed by atoms with Crippen LogP contribution in [0.2, 0.25) is 0 Å². The van der Waals surface area contributed by atoms with Gasteiger partial charge in [0, 0.05) is 6.54 Å². The van der Waals surface area contributed by atoms with Crippen LogP contribution in [-0.4, -0.2) is 23.4 Å². The summed E-state index contributed by atoms with van der Waals surface area (Å²) in [4.78, 5) is 0. The topological polar surface area (TPSA) is 39.1 Å². The van der Waals surface area contributed by atoms with E-state index in [0.717, 1.165) is 25.3 Å². The molecule has 1 N–H and O–H groups in total. The van der Waals surface area contributed by atoms with Crippen LogP contribution in [0.1, 0.15) is 66.1 Å². The van der Waals surface area contributed by atoms with Crippen LogP contribution >= 0.6 is 0 Å². The van der Waals surface area contributed by atoms with E-state index >= 15 is 0 Å². The van der Waals surface area contributed by atoms with Gasteiger partial charge in [-0.1, -0.05) is 34.6 Å². The highest BCUT2D eigenvalue weighted by Crippen LogP contribution is 2.33. The van der Waals surface area contributed by atoms with E-state index in [9.17, 15) is 0 Å². The number of ether oxygens (including phenoxy) is 1. The van der Waals surface area contributed by atoms with Crippen molar-refractivity contribution >= 4 is 0 Å². The van der Waals surface area contributed by atoms with E-state index in [0.29, 0.717) is 17.4 Å². The molecule has 4 heteroatoms. The largest absolute Gasteiger partial charge is 0.493 e. The predicted molar refractivity (Wildman–Crippen MR) is 88.7 cm³/mol. The summed E-state index contributed by atoms with van der Waals surface area (Å²) >= 11 is 0. The SMILES string of the molecule is CCNC(CC(C)CC(C)(C)C)c1c(OC)cnn1CC. The van der Waals surface area contributed by atoms with Crippen LogP contribution in [0, 0.1) is 11.3 Å². The normalized spacial score (nSPS) is 15.0. The lowest BCUT2D eigenvalue weighted by molar-refractivity contribution is 0.270. The number of methoxy groups -OCH3 is 1. The van der Waals surface area contributed by atoms with Gasteiger partial charge in [0.2, 0.25) is 0 Å². The lowest BCUT2D eigenvalue weighted by Crippen LogP contribution is -2.27. The lowest BCUT2D eigenvalue weighted by atomic mass is 9.82. The average molecular weight is 295 g/mol. The minimum absolute atomic E-state index is 0.296. The monoisotopic (exact) mass is 295 g/mol. The number of nitrogens with zero attached hydrogens (tertiary/aromatic N) is 2. The van der Waals surface area contributed by atoms with E-state index in [1.54, 1.807) is 7.11 Å². The Morgan fingerprint density at radius 1 is 1.33 bits per heavy atom. The fraction of sp³-hybridized carbons (Fsp3) is 0.824. The Kier molecular flexibility index (Phi) is 6.72. The Balaban J connectivity index is 2.93. The van der Waals surface area contributed by atoms with Gasteiger partial charge in [-0.05, 0) is 37.6 Å². The molecule has 2 unspecified atom stereocenters. The zero-order valence-electron chi connectivity index (χ0n) is 14.9. The molecule has 0 saturated carbocycles. The molecule has 0 aromatic carbocycles. The van der Waals surface area contributed by atoms with Gasteiger partial charge in [0.1, 0.15) is 0 Å². The number of aryl methyl sites for hydroxylation is 1. The third-order valence-electron chi connectivity index (χ3n) is 3.74. The second kappa shape index (κ2) is 7.83. The third-order valence-corrected chi connectivity index (χ3v) is 3.74. The second-order valence-corrected chi connectivity index (χ2v) is 7.13. The third kappa shape index (κ3) is 5.34. The van der Waals surface area contributed by atoms with Crippen LogP contribution in [0.15, 0.2) is 6.20 Å². The van der Waals surface area contributed by atoms with E-state index in [1.165, 1.54) is 12.1 Å². The van der Waals surface area contributed by atoms with Crippen molar-refractivity contribution in [2.24, 2.45) is 11.3 Å². The Morgan fingerprint density at radius 3 is 2.48 bits per heavy atom. The maximum absolute atomic E-state index is 5.51. The van der Waals surface area contributed by atoms with Gasteiger partial charge in [0.25, 0.3) is 0 Å². The van der Waals surface area contributed by atoms with Gasteiger partial charge in [-0.15, -0.1) is 0 Å². The summed E-state index contributed by atoms with van der Waals surface area (Å²) in [6.45, 7) is 15.4. The van der Waals surface area contributed by atoms with Crippen molar-refractivity contribution in [3.63, 3.8) is 0 Å². The van der Waals surface area contributed by atoms with E-state index in [1.807, 2.05) is 6.20 Å². The summed E-state index contributed by atoms with van der Waals surface area (Å²) in [5.74, 6) is 1.55. The van der Waals surface area contributed by atoms with E-state index in [-0.39, 0.29) is 0 Å². The molecule has 0 aliphatic heterocycles. The number of hydrogen-bond acceptors (Lipinski definition) is 3. The minimum atomic E-state index is 0.296. The van der Waals surface area contributed by atoms with Crippen molar-refractivity contribution in [3.05, 3.63) is 11.9 Å². The molecule has 0 radical (unpaired) electrons. The summed E-state index contributed by atoms with van der Waals surface area (Å²) < 4.78 is 7.57. The summed E-state index contributed by atoms with van der Waals surface area (Å²) in [5, 5.41) is 8.05. The predicted octanol–water partition coefficient (Wildman–Crippen LogP) is 4.02. The number of nitrogens with one attached hydrogen (secondary N) is 1. The standard InChI is InChI=1S/C17H33N3O/c1-8-18-14(10-13(3)11-17(4,5)6)16-15(21-7)12-19-20(16)9-2/h12-14,18H,8-11H2,1-7H3. The lowest BCUT2D eigenvalue weighted by Gasteiger charge is -2.28. The van der Waals surface area contributed by atoms with Crippen molar-refractivity contribution in [1.29, 1.82) is 0 Å². The summed E-state index contributed by atoms with van der Waals surface area (Å²) in [6.07, 6.45) is 4.15. The fourth-order valence-corrected chi connectivity index (χ4v) is 3.21. The van der Waals surface area contributed by atoms with Gasteiger partial charge in [0.15, 0.2) is 5.75 Å². The van der Waals surface area contributed by atoms with Gasteiger partial charge in [-0.2, -0.15) is 5.10 Å². The smallest absolute Gasteiger partial charge is 0.161 e. The first kappa shape index (κ1) is 18.0. The van der Waals surface area contributed by atoms with Crippen molar-refractivity contribution < 1.29 is 4.74 Å². The Labute approximate surface area is 130 Å².